The van der Waals surface area contributed by atoms with Crippen molar-refractivity contribution < 1.29 is 22.7 Å². The molecule has 174 valence electrons. The number of hydrogen-bond donors (Lipinski definition) is 1. The van der Waals surface area contributed by atoms with Crippen LogP contribution in [0.5, 0.6) is 11.5 Å². The lowest BCUT2D eigenvalue weighted by molar-refractivity contribution is -0.129. The topological polar surface area (TPSA) is 88.2 Å². The standard InChI is InChI=1S/C22H35N3O5S/c1-24(18-7-4-3-5-8-18)13-14-25(2)22(26)11-12-23-31(27,28)19-9-10-20-21(17-19)30-16-6-15-29-20/h9-10,17-18,23H,3-8,11-16H2,1-2H3. The van der Waals surface area contributed by atoms with Crippen molar-refractivity contribution in [2.24, 2.45) is 0 Å². The molecule has 31 heavy (non-hydrogen) atoms. The van der Waals surface area contributed by atoms with E-state index in [1.807, 2.05) is 0 Å². The van der Waals surface area contributed by atoms with Gasteiger partial charge in [0.05, 0.1) is 18.1 Å². The maximum Gasteiger partial charge on any atom is 0.240 e. The smallest absolute Gasteiger partial charge is 0.240 e. The van der Waals surface area contributed by atoms with Gasteiger partial charge in [0.25, 0.3) is 0 Å². The normalized spacial score (nSPS) is 17.4. The van der Waals surface area contributed by atoms with E-state index in [0.717, 1.165) is 13.0 Å². The number of carbonyl (C=O) groups is 1. The number of fused-ring (bicyclic) bond motifs is 1. The lowest BCUT2D eigenvalue weighted by atomic mass is 9.94. The van der Waals surface area contributed by atoms with E-state index in [1.54, 1.807) is 18.0 Å². The van der Waals surface area contributed by atoms with Gasteiger partial charge in [0, 0.05) is 51.6 Å². The van der Waals surface area contributed by atoms with Crippen molar-refractivity contribution >= 4 is 15.9 Å². The largest absolute Gasteiger partial charge is 0.490 e. The van der Waals surface area contributed by atoms with Crippen LogP contribution in [0.4, 0.5) is 0 Å². The van der Waals surface area contributed by atoms with Gasteiger partial charge >= 0.3 is 0 Å². The van der Waals surface area contributed by atoms with Crippen molar-refractivity contribution in [3.05, 3.63) is 18.2 Å². The van der Waals surface area contributed by atoms with Gasteiger partial charge in [0.1, 0.15) is 0 Å². The molecule has 1 aliphatic heterocycles. The molecule has 0 bridgehead atoms. The number of sulfonamides is 1. The Morgan fingerprint density at radius 3 is 2.48 bits per heavy atom. The molecular formula is C22H35N3O5S. The maximum atomic E-state index is 12.6. The van der Waals surface area contributed by atoms with Gasteiger partial charge in [-0.15, -0.1) is 0 Å². The molecule has 1 fully saturated rings. The Hall–Kier alpha value is -1.84. The van der Waals surface area contributed by atoms with Crippen molar-refractivity contribution in [2.45, 2.75) is 55.9 Å². The van der Waals surface area contributed by atoms with E-state index in [0.29, 0.717) is 37.3 Å². The third-order valence-electron chi connectivity index (χ3n) is 6.07. The number of ether oxygens (including phenoxy) is 2. The van der Waals surface area contributed by atoms with Crippen molar-refractivity contribution in [1.29, 1.82) is 0 Å². The molecule has 1 amide bonds. The maximum absolute atomic E-state index is 12.6. The second-order valence-corrected chi connectivity index (χ2v) is 10.2. The fraction of sp³-hybridized carbons (Fsp3) is 0.682. The highest BCUT2D eigenvalue weighted by Crippen LogP contribution is 2.31. The van der Waals surface area contributed by atoms with Gasteiger partial charge in [0.2, 0.25) is 15.9 Å². The van der Waals surface area contributed by atoms with Crippen molar-refractivity contribution in [3.8, 4) is 11.5 Å². The Labute approximate surface area is 185 Å². The molecule has 9 heteroatoms. The summed E-state index contributed by atoms with van der Waals surface area (Å²) < 4.78 is 38.8. The first kappa shape index (κ1) is 23.8. The van der Waals surface area contributed by atoms with Crippen LogP contribution in [0.25, 0.3) is 0 Å². The van der Waals surface area contributed by atoms with Crippen molar-refractivity contribution in [1.82, 2.24) is 14.5 Å². The minimum absolute atomic E-state index is 0.0540. The second-order valence-electron chi connectivity index (χ2n) is 8.39. The fourth-order valence-electron chi connectivity index (χ4n) is 4.01. The van der Waals surface area contributed by atoms with Crippen LogP contribution in [0.3, 0.4) is 0 Å². The molecule has 0 saturated heterocycles. The number of nitrogens with one attached hydrogen (secondary N) is 1. The van der Waals surface area contributed by atoms with Gasteiger partial charge in [-0.1, -0.05) is 19.3 Å². The first-order chi connectivity index (χ1) is 14.9. The van der Waals surface area contributed by atoms with Gasteiger partial charge in [-0.25, -0.2) is 13.1 Å². The van der Waals surface area contributed by atoms with Crippen LogP contribution >= 0.6 is 0 Å². The zero-order valence-corrected chi connectivity index (χ0v) is 19.5. The zero-order valence-electron chi connectivity index (χ0n) is 18.6. The lowest BCUT2D eigenvalue weighted by Gasteiger charge is -2.32. The van der Waals surface area contributed by atoms with Gasteiger partial charge in [-0.3, -0.25) is 4.79 Å². The minimum Gasteiger partial charge on any atom is -0.490 e. The average molecular weight is 454 g/mol. The van der Waals surface area contributed by atoms with E-state index in [2.05, 4.69) is 16.7 Å². The molecule has 0 aromatic heterocycles. The van der Waals surface area contributed by atoms with E-state index < -0.39 is 10.0 Å². The molecule has 1 aromatic rings. The minimum atomic E-state index is -3.73. The lowest BCUT2D eigenvalue weighted by Crippen LogP contribution is -2.40. The van der Waals surface area contributed by atoms with E-state index in [4.69, 9.17) is 9.47 Å². The van der Waals surface area contributed by atoms with Crippen LogP contribution in [0.1, 0.15) is 44.9 Å². The third-order valence-corrected chi connectivity index (χ3v) is 7.53. The summed E-state index contributed by atoms with van der Waals surface area (Å²) in [5, 5.41) is 0. The summed E-state index contributed by atoms with van der Waals surface area (Å²) in [6, 6.07) is 5.18. The number of carbonyl (C=O) groups excluding carboxylic acids is 1. The molecule has 1 N–H and O–H groups in total. The Morgan fingerprint density at radius 1 is 1.03 bits per heavy atom. The number of nitrogens with zero attached hydrogens (tertiary/aromatic N) is 2. The van der Waals surface area contributed by atoms with Crippen LogP contribution < -0.4 is 14.2 Å². The average Bonchev–Trinajstić information content (AvgIpc) is 3.02. The second kappa shape index (κ2) is 11.2. The van der Waals surface area contributed by atoms with E-state index in [-0.39, 0.29) is 23.8 Å². The SMILES string of the molecule is CN(CCN(C)C1CCCCC1)C(=O)CCNS(=O)(=O)c1ccc2c(c1)OCCCO2. The number of hydrogen-bond acceptors (Lipinski definition) is 6. The summed E-state index contributed by atoms with van der Waals surface area (Å²) in [7, 11) is 0.164. The summed E-state index contributed by atoms with van der Waals surface area (Å²) in [5.74, 6) is 0.906. The number of amides is 1. The predicted octanol–water partition coefficient (Wildman–Crippen LogP) is 2.24. The number of likely N-dealkylation sites (N-methyl/N-ethyl adjacent to an activating group) is 2. The van der Waals surface area contributed by atoms with Crippen LogP contribution in [-0.4, -0.2) is 77.1 Å². The van der Waals surface area contributed by atoms with E-state index in [1.165, 1.54) is 44.2 Å². The van der Waals surface area contributed by atoms with E-state index >= 15 is 0 Å². The quantitative estimate of drug-likeness (QED) is 0.617. The molecule has 0 atom stereocenters. The summed E-state index contributed by atoms with van der Waals surface area (Å²) in [6.45, 7) is 2.55. The highest BCUT2D eigenvalue weighted by atomic mass is 32.2. The highest BCUT2D eigenvalue weighted by molar-refractivity contribution is 7.89. The Morgan fingerprint density at radius 2 is 1.74 bits per heavy atom. The Kier molecular flexibility index (Phi) is 8.57. The molecule has 0 spiro atoms. The van der Waals surface area contributed by atoms with Crippen molar-refractivity contribution in [3.63, 3.8) is 0 Å². The summed E-state index contributed by atoms with van der Waals surface area (Å²) in [4.78, 5) is 16.5. The number of rotatable bonds is 9. The van der Waals surface area contributed by atoms with Gasteiger partial charge in [-0.2, -0.15) is 0 Å². The Balaban J connectivity index is 1.44. The third kappa shape index (κ3) is 6.82. The van der Waals surface area contributed by atoms with Crippen LogP contribution in [-0.2, 0) is 14.8 Å². The fourth-order valence-corrected chi connectivity index (χ4v) is 5.06. The molecule has 1 aromatic carbocycles. The zero-order chi connectivity index (χ0) is 22.3. The molecule has 1 saturated carbocycles. The molecule has 0 radical (unpaired) electrons. The predicted molar refractivity (Wildman–Crippen MR) is 119 cm³/mol. The number of benzene rings is 1. The monoisotopic (exact) mass is 453 g/mol. The van der Waals surface area contributed by atoms with Crippen LogP contribution in [0.15, 0.2) is 23.1 Å². The summed E-state index contributed by atoms with van der Waals surface area (Å²) >= 11 is 0. The molecule has 3 rings (SSSR count). The van der Waals surface area contributed by atoms with Gasteiger partial charge in [0.15, 0.2) is 11.5 Å². The molecule has 1 heterocycles. The first-order valence-corrected chi connectivity index (χ1v) is 12.7. The van der Waals surface area contributed by atoms with E-state index in [9.17, 15) is 13.2 Å². The highest BCUT2D eigenvalue weighted by Gasteiger charge is 2.21. The molecular weight excluding hydrogens is 418 g/mol. The summed E-state index contributed by atoms with van der Waals surface area (Å²) in [5.41, 5.74) is 0. The molecule has 1 aliphatic carbocycles. The van der Waals surface area contributed by atoms with Gasteiger partial charge < -0.3 is 19.3 Å². The van der Waals surface area contributed by atoms with Gasteiger partial charge in [-0.05, 0) is 32.0 Å². The molecule has 2 aliphatic rings. The van der Waals surface area contributed by atoms with Crippen LogP contribution in [0.2, 0.25) is 0 Å². The Bertz CT molecular complexity index is 840. The van der Waals surface area contributed by atoms with Crippen LogP contribution in [0, 0.1) is 0 Å². The first-order valence-electron chi connectivity index (χ1n) is 11.2. The van der Waals surface area contributed by atoms with Crippen molar-refractivity contribution in [2.75, 3.05) is 46.9 Å². The summed E-state index contributed by atoms with van der Waals surface area (Å²) in [6.07, 6.45) is 7.23. The molecule has 0 unspecified atom stereocenters. The molecule has 8 nitrogen and oxygen atoms in total.